The zero-order valence-corrected chi connectivity index (χ0v) is 11.6. The molecule has 100 valence electrons. The zero-order chi connectivity index (χ0) is 12.9. The van der Waals surface area contributed by atoms with E-state index < -0.39 is 5.54 Å². The van der Waals surface area contributed by atoms with Gasteiger partial charge in [-0.05, 0) is 52.7 Å². The maximum atomic E-state index is 12.3. The van der Waals surface area contributed by atoms with Gasteiger partial charge < -0.3 is 15.0 Å². The fourth-order valence-corrected chi connectivity index (χ4v) is 2.32. The average molecular weight is 242 g/mol. The molecule has 0 aliphatic heterocycles. The lowest BCUT2D eigenvalue weighted by atomic mass is 9.92. The van der Waals surface area contributed by atoms with Gasteiger partial charge in [0.05, 0.1) is 6.61 Å². The molecule has 0 saturated heterocycles. The summed E-state index contributed by atoms with van der Waals surface area (Å²) in [6, 6.07) is 0. The Labute approximate surface area is 105 Å². The van der Waals surface area contributed by atoms with E-state index in [0.29, 0.717) is 12.5 Å². The van der Waals surface area contributed by atoms with Gasteiger partial charge in [-0.25, -0.2) is 4.79 Å². The molecular formula is C13H26N2O2. The molecule has 1 N–H and O–H groups in total. The van der Waals surface area contributed by atoms with Gasteiger partial charge in [0.2, 0.25) is 0 Å². The van der Waals surface area contributed by atoms with Gasteiger partial charge in [-0.2, -0.15) is 0 Å². The van der Waals surface area contributed by atoms with Crippen LogP contribution in [0.1, 0.15) is 33.1 Å². The van der Waals surface area contributed by atoms with Gasteiger partial charge in [-0.3, -0.25) is 0 Å². The third-order valence-electron chi connectivity index (χ3n) is 3.17. The first-order chi connectivity index (χ1) is 8.06. The van der Waals surface area contributed by atoms with Crippen molar-refractivity contribution in [3.8, 4) is 0 Å². The summed E-state index contributed by atoms with van der Waals surface area (Å²) in [6.07, 6.45) is 3.29. The Morgan fingerprint density at radius 1 is 1.41 bits per heavy atom. The van der Waals surface area contributed by atoms with Crippen LogP contribution in [0.2, 0.25) is 0 Å². The number of hydrogen-bond donors (Lipinski definition) is 1. The number of nitrogens with zero attached hydrogens (tertiary/aromatic N) is 1. The lowest BCUT2D eigenvalue weighted by Crippen LogP contribution is -2.60. The molecule has 0 bridgehead atoms. The van der Waals surface area contributed by atoms with Crippen LogP contribution >= 0.6 is 0 Å². The normalized spacial score (nSPS) is 19.1. The second-order valence-electron chi connectivity index (χ2n) is 5.13. The summed E-state index contributed by atoms with van der Waals surface area (Å²) < 4.78 is 5.28. The van der Waals surface area contributed by atoms with Gasteiger partial charge in [-0.1, -0.05) is 6.92 Å². The summed E-state index contributed by atoms with van der Waals surface area (Å²) >= 11 is 0. The smallest absolute Gasteiger partial charge is 0.327 e. The highest BCUT2D eigenvalue weighted by Gasteiger charge is 2.51. The lowest BCUT2D eigenvalue weighted by molar-refractivity contribution is -0.153. The zero-order valence-electron chi connectivity index (χ0n) is 11.6. The van der Waals surface area contributed by atoms with Gasteiger partial charge in [-0.15, -0.1) is 0 Å². The molecule has 0 amide bonds. The number of hydrogen-bond acceptors (Lipinski definition) is 4. The summed E-state index contributed by atoms with van der Waals surface area (Å²) in [4.78, 5) is 14.3. The van der Waals surface area contributed by atoms with Crippen LogP contribution in [0.3, 0.4) is 0 Å². The first-order valence-corrected chi connectivity index (χ1v) is 6.63. The number of carbonyl (C=O) groups excluding carboxylic acids is 1. The Hall–Kier alpha value is -0.610. The molecule has 0 aromatic heterocycles. The van der Waals surface area contributed by atoms with Crippen LogP contribution in [0.15, 0.2) is 0 Å². The summed E-state index contributed by atoms with van der Waals surface area (Å²) in [5.74, 6) is 0.361. The van der Waals surface area contributed by atoms with Crippen molar-refractivity contribution in [1.82, 2.24) is 10.2 Å². The predicted molar refractivity (Wildman–Crippen MR) is 68.9 cm³/mol. The van der Waals surface area contributed by atoms with Gasteiger partial charge in [0, 0.05) is 6.54 Å². The monoisotopic (exact) mass is 242 g/mol. The van der Waals surface area contributed by atoms with Crippen LogP contribution in [-0.2, 0) is 9.53 Å². The van der Waals surface area contributed by atoms with Crippen LogP contribution in [0, 0.1) is 5.92 Å². The molecule has 1 fully saturated rings. The Morgan fingerprint density at radius 3 is 2.47 bits per heavy atom. The Morgan fingerprint density at radius 2 is 2.06 bits per heavy atom. The number of esters is 1. The van der Waals surface area contributed by atoms with E-state index in [0.717, 1.165) is 32.4 Å². The van der Waals surface area contributed by atoms with E-state index in [9.17, 15) is 4.79 Å². The summed E-state index contributed by atoms with van der Waals surface area (Å²) in [5, 5.41) is 3.44. The molecule has 1 saturated carbocycles. The van der Waals surface area contributed by atoms with Crippen molar-refractivity contribution in [2.75, 3.05) is 33.8 Å². The molecule has 1 rings (SSSR count). The average Bonchev–Trinajstić information content (AvgIpc) is 3.08. The van der Waals surface area contributed by atoms with Crippen molar-refractivity contribution in [2.24, 2.45) is 5.92 Å². The molecule has 0 heterocycles. The quantitative estimate of drug-likeness (QED) is 0.651. The highest BCUT2D eigenvalue weighted by molar-refractivity contribution is 5.82. The molecule has 0 aromatic rings. The maximum absolute atomic E-state index is 12.3. The highest BCUT2D eigenvalue weighted by atomic mass is 16.5. The van der Waals surface area contributed by atoms with Crippen molar-refractivity contribution in [1.29, 1.82) is 0 Å². The number of rotatable bonds is 8. The van der Waals surface area contributed by atoms with E-state index in [4.69, 9.17) is 4.74 Å². The third kappa shape index (κ3) is 3.68. The lowest BCUT2D eigenvalue weighted by Gasteiger charge is -2.35. The Bertz CT molecular complexity index is 252. The molecular weight excluding hydrogens is 216 g/mol. The van der Waals surface area contributed by atoms with E-state index in [-0.39, 0.29) is 5.97 Å². The number of nitrogens with one attached hydrogen (secondary N) is 1. The van der Waals surface area contributed by atoms with Crippen LogP contribution in [0.4, 0.5) is 0 Å². The minimum atomic E-state index is -0.491. The minimum absolute atomic E-state index is 0.0790. The summed E-state index contributed by atoms with van der Waals surface area (Å²) in [5.41, 5.74) is -0.491. The highest BCUT2D eigenvalue weighted by Crippen LogP contribution is 2.41. The SMILES string of the molecule is CCCNC(CN(C)C)(C(=O)OCC)C1CC1. The molecule has 17 heavy (non-hydrogen) atoms. The van der Waals surface area contributed by atoms with E-state index in [1.807, 2.05) is 21.0 Å². The minimum Gasteiger partial charge on any atom is -0.465 e. The molecule has 0 radical (unpaired) electrons. The topological polar surface area (TPSA) is 41.6 Å². The Kier molecular flexibility index (Phi) is 5.40. The number of ether oxygens (including phenoxy) is 1. The molecule has 1 unspecified atom stereocenters. The molecule has 4 heteroatoms. The number of carbonyl (C=O) groups is 1. The fraction of sp³-hybridized carbons (Fsp3) is 0.923. The summed E-state index contributed by atoms with van der Waals surface area (Å²) in [7, 11) is 4.01. The van der Waals surface area contributed by atoms with Gasteiger partial charge in [0.25, 0.3) is 0 Å². The predicted octanol–water partition coefficient (Wildman–Crippen LogP) is 1.26. The van der Waals surface area contributed by atoms with Gasteiger partial charge in [0.1, 0.15) is 5.54 Å². The van der Waals surface area contributed by atoms with E-state index in [1.165, 1.54) is 0 Å². The molecule has 1 aliphatic rings. The number of likely N-dealkylation sites (N-methyl/N-ethyl adjacent to an activating group) is 1. The van der Waals surface area contributed by atoms with Crippen LogP contribution in [-0.4, -0.2) is 50.2 Å². The van der Waals surface area contributed by atoms with E-state index in [2.05, 4.69) is 17.1 Å². The first-order valence-electron chi connectivity index (χ1n) is 6.63. The molecule has 0 aromatic carbocycles. The third-order valence-corrected chi connectivity index (χ3v) is 3.17. The standard InChI is InChI=1S/C13H26N2O2/c1-5-9-14-13(10-15(3)4,11-7-8-11)12(16)17-6-2/h11,14H,5-10H2,1-4H3. The fourth-order valence-electron chi connectivity index (χ4n) is 2.32. The second-order valence-corrected chi connectivity index (χ2v) is 5.13. The van der Waals surface area contributed by atoms with Gasteiger partial charge >= 0.3 is 5.97 Å². The van der Waals surface area contributed by atoms with Crippen molar-refractivity contribution >= 4 is 5.97 Å². The van der Waals surface area contributed by atoms with Crippen molar-refractivity contribution in [2.45, 2.75) is 38.6 Å². The first kappa shape index (κ1) is 14.5. The molecule has 1 atom stereocenters. The van der Waals surface area contributed by atoms with E-state index >= 15 is 0 Å². The Balaban J connectivity index is 2.80. The van der Waals surface area contributed by atoms with Crippen LogP contribution in [0.5, 0.6) is 0 Å². The second kappa shape index (κ2) is 6.36. The van der Waals surface area contributed by atoms with Crippen molar-refractivity contribution in [3.63, 3.8) is 0 Å². The van der Waals surface area contributed by atoms with Crippen molar-refractivity contribution < 1.29 is 9.53 Å². The molecule has 4 nitrogen and oxygen atoms in total. The van der Waals surface area contributed by atoms with Crippen LogP contribution in [0.25, 0.3) is 0 Å². The maximum Gasteiger partial charge on any atom is 0.327 e. The van der Waals surface area contributed by atoms with Crippen molar-refractivity contribution in [3.05, 3.63) is 0 Å². The molecule has 0 spiro atoms. The molecule has 1 aliphatic carbocycles. The van der Waals surface area contributed by atoms with Gasteiger partial charge in [0.15, 0.2) is 0 Å². The largest absolute Gasteiger partial charge is 0.465 e. The summed E-state index contributed by atoms with van der Waals surface area (Å²) in [6.45, 7) is 6.02. The van der Waals surface area contributed by atoms with E-state index in [1.54, 1.807) is 0 Å². The van der Waals surface area contributed by atoms with Crippen LogP contribution < -0.4 is 5.32 Å².